The second-order valence-electron chi connectivity index (χ2n) is 4.90. The van der Waals surface area contributed by atoms with Gasteiger partial charge in [0.1, 0.15) is 0 Å². The predicted octanol–water partition coefficient (Wildman–Crippen LogP) is 0.728. The van der Waals surface area contributed by atoms with Gasteiger partial charge in [-0.3, -0.25) is 4.99 Å². The lowest BCUT2D eigenvalue weighted by Gasteiger charge is -2.33. The summed E-state index contributed by atoms with van der Waals surface area (Å²) in [5.74, 6) is 1.88. The molecule has 1 saturated heterocycles. The van der Waals surface area contributed by atoms with Crippen molar-refractivity contribution < 1.29 is 8.42 Å². The maximum atomic E-state index is 11.4. The highest BCUT2D eigenvalue weighted by molar-refractivity contribution is 7.91. The zero-order chi connectivity index (χ0) is 13.6. The Labute approximate surface area is 111 Å². The van der Waals surface area contributed by atoms with Gasteiger partial charge in [-0.2, -0.15) is 0 Å². The van der Waals surface area contributed by atoms with E-state index in [1.807, 2.05) is 0 Å². The van der Waals surface area contributed by atoms with Crippen molar-refractivity contribution in [1.29, 1.82) is 0 Å². The first kappa shape index (κ1) is 15.3. The Morgan fingerprint density at radius 1 is 1.50 bits per heavy atom. The number of nitrogens with one attached hydrogen (secondary N) is 1. The molecule has 0 aromatic carbocycles. The largest absolute Gasteiger partial charge is 0.355 e. The van der Waals surface area contributed by atoms with Crippen molar-refractivity contribution in [2.45, 2.75) is 26.7 Å². The number of hydrogen-bond acceptors (Lipinski definition) is 3. The third kappa shape index (κ3) is 4.84. The average molecular weight is 275 g/mol. The van der Waals surface area contributed by atoms with Crippen LogP contribution >= 0.6 is 0 Å². The Morgan fingerprint density at radius 3 is 2.78 bits per heavy atom. The molecule has 0 saturated carbocycles. The minimum Gasteiger partial charge on any atom is -0.355 e. The molecule has 1 unspecified atom stereocenters. The van der Waals surface area contributed by atoms with Crippen LogP contribution in [0, 0.1) is 5.92 Å². The van der Waals surface area contributed by atoms with E-state index in [1.54, 1.807) is 14.0 Å². The molecule has 1 fully saturated rings. The number of aliphatic imine (C=N–C) groups is 1. The minimum absolute atomic E-state index is 0.173. The van der Waals surface area contributed by atoms with Gasteiger partial charge in [0.2, 0.25) is 0 Å². The van der Waals surface area contributed by atoms with Gasteiger partial charge >= 0.3 is 0 Å². The molecule has 1 heterocycles. The maximum Gasteiger partial charge on any atom is 0.193 e. The topological polar surface area (TPSA) is 61.8 Å². The van der Waals surface area contributed by atoms with Crippen molar-refractivity contribution >= 4 is 15.8 Å². The fraction of sp³-hybridized carbons (Fsp3) is 0.917. The van der Waals surface area contributed by atoms with E-state index in [2.05, 4.69) is 22.1 Å². The van der Waals surface area contributed by atoms with Gasteiger partial charge in [-0.15, -0.1) is 0 Å². The number of sulfone groups is 1. The van der Waals surface area contributed by atoms with E-state index in [0.29, 0.717) is 12.5 Å². The monoisotopic (exact) mass is 275 g/mol. The highest BCUT2D eigenvalue weighted by atomic mass is 32.2. The summed E-state index contributed by atoms with van der Waals surface area (Å²) in [5, 5.41) is 3.15. The number of rotatable bonds is 4. The second kappa shape index (κ2) is 6.97. The molecule has 0 radical (unpaired) electrons. The molecule has 5 nitrogen and oxygen atoms in total. The van der Waals surface area contributed by atoms with E-state index in [4.69, 9.17) is 0 Å². The molecule has 1 aliphatic rings. The van der Waals surface area contributed by atoms with Crippen LogP contribution in [0.15, 0.2) is 4.99 Å². The summed E-state index contributed by atoms with van der Waals surface area (Å²) >= 11 is 0. The molecule has 6 heteroatoms. The molecule has 106 valence electrons. The van der Waals surface area contributed by atoms with Crippen LogP contribution in [0.2, 0.25) is 0 Å². The van der Waals surface area contributed by atoms with Crippen LogP contribution in [-0.4, -0.2) is 57.5 Å². The summed E-state index contributed by atoms with van der Waals surface area (Å²) < 4.78 is 22.8. The van der Waals surface area contributed by atoms with Crippen LogP contribution in [0.25, 0.3) is 0 Å². The van der Waals surface area contributed by atoms with Crippen LogP contribution in [0.4, 0.5) is 0 Å². The fourth-order valence-corrected chi connectivity index (χ4v) is 2.88. The van der Waals surface area contributed by atoms with Gasteiger partial charge < -0.3 is 10.2 Å². The molecular weight excluding hydrogens is 250 g/mol. The third-order valence-corrected chi connectivity index (χ3v) is 5.01. The zero-order valence-electron chi connectivity index (χ0n) is 11.6. The Bertz CT molecular complexity index is 379. The van der Waals surface area contributed by atoms with Crippen molar-refractivity contribution in [2.24, 2.45) is 10.9 Å². The summed E-state index contributed by atoms with van der Waals surface area (Å²) in [6.07, 6.45) is 2.44. The molecule has 0 aliphatic carbocycles. The number of guanidine groups is 1. The van der Waals surface area contributed by atoms with Crippen molar-refractivity contribution in [3.8, 4) is 0 Å². The van der Waals surface area contributed by atoms with Gasteiger partial charge in [0.15, 0.2) is 15.8 Å². The van der Waals surface area contributed by atoms with Crippen molar-refractivity contribution in [2.75, 3.05) is 38.2 Å². The van der Waals surface area contributed by atoms with Crippen molar-refractivity contribution in [3.63, 3.8) is 0 Å². The number of hydrogen-bond donors (Lipinski definition) is 1. The third-order valence-electron chi connectivity index (χ3n) is 3.30. The lowest BCUT2D eigenvalue weighted by Crippen LogP contribution is -2.47. The maximum absolute atomic E-state index is 11.4. The van der Waals surface area contributed by atoms with E-state index < -0.39 is 9.84 Å². The molecule has 18 heavy (non-hydrogen) atoms. The first-order valence-corrected chi connectivity index (χ1v) is 8.46. The van der Waals surface area contributed by atoms with E-state index in [9.17, 15) is 8.42 Å². The van der Waals surface area contributed by atoms with Crippen LogP contribution in [0.3, 0.4) is 0 Å². The number of piperidine rings is 1. The van der Waals surface area contributed by atoms with Crippen molar-refractivity contribution in [1.82, 2.24) is 10.2 Å². The van der Waals surface area contributed by atoms with E-state index in [1.165, 1.54) is 12.8 Å². The molecule has 0 aromatic heterocycles. The van der Waals surface area contributed by atoms with E-state index >= 15 is 0 Å². The zero-order valence-corrected chi connectivity index (χ0v) is 12.5. The van der Waals surface area contributed by atoms with Gasteiger partial charge in [0.05, 0.1) is 5.75 Å². The van der Waals surface area contributed by atoms with Crippen molar-refractivity contribution in [3.05, 3.63) is 0 Å². The Morgan fingerprint density at radius 2 is 2.22 bits per heavy atom. The molecule has 0 amide bonds. The SMILES string of the molecule is CCS(=O)(=O)CCNC(=NC)N1CCCC(C)C1. The number of likely N-dealkylation sites (tertiary alicyclic amines) is 1. The smallest absolute Gasteiger partial charge is 0.193 e. The molecular formula is C12H25N3O2S. The highest BCUT2D eigenvalue weighted by Gasteiger charge is 2.19. The average Bonchev–Trinajstić information content (AvgIpc) is 2.34. The molecule has 1 aliphatic heterocycles. The summed E-state index contributed by atoms with van der Waals surface area (Å²) in [5.41, 5.74) is 0. The van der Waals surface area contributed by atoms with Gasteiger partial charge in [0, 0.05) is 32.4 Å². The van der Waals surface area contributed by atoms with Gasteiger partial charge in [-0.1, -0.05) is 13.8 Å². The number of nitrogens with zero attached hydrogens (tertiary/aromatic N) is 2. The van der Waals surface area contributed by atoms with Crippen LogP contribution < -0.4 is 5.32 Å². The summed E-state index contributed by atoms with van der Waals surface area (Å²) in [4.78, 5) is 6.44. The van der Waals surface area contributed by atoms with E-state index in [-0.39, 0.29) is 11.5 Å². The summed E-state index contributed by atoms with van der Waals surface area (Å²) in [6.45, 7) is 6.36. The Kier molecular flexibility index (Phi) is 5.91. The van der Waals surface area contributed by atoms with Crippen LogP contribution in [-0.2, 0) is 9.84 Å². The first-order chi connectivity index (χ1) is 8.48. The first-order valence-electron chi connectivity index (χ1n) is 6.64. The molecule has 1 rings (SSSR count). The van der Waals surface area contributed by atoms with Gasteiger partial charge in [0.25, 0.3) is 0 Å². The molecule has 0 spiro atoms. The van der Waals surface area contributed by atoms with Gasteiger partial charge in [-0.05, 0) is 18.8 Å². The normalized spacial score (nSPS) is 22.1. The highest BCUT2D eigenvalue weighted by Crippen LogP contribution is 2.15. The van der Waals surface area contributed by atoms with Gasteiger partial charge in [-0.25, -0.2) is 8.42 Å². The fourth-order valence-electron chi connectivity index (χ4n) is 2.18. The standard InChI is InChI=1S/C12H25N3O2S/c1-4-18(16,17)9-7-14-12(13-3)15-8-5-6-11(2)10-15/h11H,4-10H2,1-3H3,(H,13,14). The predicted molar refractivity (Wildman–Crippen MR) is 75.7 cm³/mol. The Balaban J connectivity index is 2.43. The van der Waals surface area contributed by atoms with E-state index in [0.717, 1.165) is 19.0 Å². The molecule has 0 aromatic rings. The minimum atomic E-state index is -2.90. The lowest BCUT2D eigenvalue weighted by molar-refractivity contribution is 0.266. The second-order valence-corrected chi connectivity index (χ2v) is 7.38. The molecule has 1 N–H and O–H groups in total. The molecule has 0 bridgehead atoms. The quantitative estimate of drug-likeness (QED) is 0.607. The lowest BCUT2D eigenvalue weighted by atomic mass is 10.0. The summed E-state index contributed by atoms with van der Waals surface area (Å²) in [7, 11) is -1.15. The van der Waals surface area contributed by atoms with Crippen LogP contribution in [0.5, 0.6) is 0 Å². The Hall–Kier alpha value is -0.780. The van der Waals surface area contributed by atoms with Crippen LogP contribution in [0.1, 0.15) is 26.7 Å². The molecule has 1 atom stereocenters. The summed E-state index contributed by atoms with van der Waals surface area (Å²) in [6, 6.07) is 0.